The van der Waals surface area contributed by atoms with Gasteiger partial charge in [0.15, 0.2) is 0 Å². The summed E-state index contributed by atoms with van der Waals surface area (Å²) in [5, 5.41) is 3.13. The molecule has 33 heavy (non-hydrogen) atoms. The van der Waals surface area contributed by atoms with Gasteiger partial charge in [0.1, 0.15) is 10.8 Å². The minimum absolute atomic E-state index is 0.00688. The second-order valence-corrected chi connectivity index (χ2v) is 9.98. The molecule has 2 unspecified atom stereocenters. The lowest BCUT2D eigenvalue weighted by Crippen LogP contribution is -2.39. The highest BCUT2D eigenvalue weighted by atomic mass is 35.5. The molecule has 4 rings (SSSR count). The van der Waals surface area contributed by atoms with Gasteiger partial charge in [0.05, 0.1) is 28.3 Å². The van der Waals surface area contributed by atoms with Crippen LogP contribution in [0.4, 0.5) is 15.1 Å². The minimum Gasteiger partial charge on any atom is -0.322 e. The van der Waals surface area contributed by atoms with Crippen molar-refractivity contribution in [2.45, 2.75) is 12.5 Å². The fourth-order valence-electron chi connectivity index (χ4n) is 3.74. The lowest BCUT2D eigenvalue weighted by Gasteiger charge is -2.25. The number of amides is 1. The summed E-state index contributed by atoms with van der Waals surface area (Å²) < 4.78 is 39.4. The number of carbonyl (C=O) groups excluding carboxylic acids is 1. The standard InChI is InChI=1S/C21H20ClFN4O4S2/c22-18-6-7-21(32-18)27(33(30)31)15-8-10-25(12-15)13-19(28)24-17-5-4-14(11-16(17)23)26-9-2-1-3-20(26)29/h1-7,9,11,15H,8,10,12-13H2,(H,24,28)(H,30,31). The molecule has 2 atom stereocenters. The highest BCUT2D eigenvalue weighted by Crippen LogP contribution is 2.33. The Morgan fingerprint density at radius 3 is 2.79 bits per heavy atom. The number of aromatic nitrogens is 1. The molecule has 12 heteroatoms. The molecule has 2 N–H and O–H groups in total. The van der Waals surface area contributed by atoms with Crippen molar-refractivity contribution >= 4 is 50.8 Å². The van der Waals surface area contributed by atoms with Gasteiger partial charge in [-0.25, -0.2) is 8.60 Å². The fraction of sp³-hybridized carbons (Fsp3) is 0.238. The number of pyridine rings is 1. The third-order valence-electron chi connectivity index (χ3n) is 5.22. The molecule has 0 saturated carbocycles. The number of likely N-dealkylation sites (tertiary alicyclic amines) is 1. The van der Waals surface area contributed by atoms with E-state index in [9.17, 15) is 22.7 Å². The second kappa shape index (κ2) is 10.1. The number of halogens is 2. The summed E-state index contributed by atoms with van der Waals surface area (Å²) in [5.74, 6) is -1.07. The molecular formula is C21H20ClFN4O4S2. The molecule has 1 saturated heterocycles. The van der Waals surface area contributed by atoms with E-state index < -0.39 is 23.0 Å². The van der Waals surface area contributed by atoms with E-state index in [-0.39, 0.29) is 23.8 Å². The highest BCUT2D eigenvalue weighted by molar-refractivity contribution is 7.81. The van der Waals surface area contributed by atoms with E-state index in [4.69, 9.17) is 11.6 Å². The van der Waals surface area contributed by atoms with Crippen LogP contribution in [0.5, 0.6) is 0 Å². The minimum atomic E-state index is -2.23. The summed E-state index contributed by atoms with van der Waals surface area (Å²) in [5.41, 5.74) is 0.0685. The van der Waals surface area contributed by atoms with Gasteiger partial charge in [0, 0.05) is 31.4 Å². The first-order valence-electron chi connectivity index (χ1n) is 9.97. The topological polar surface area (TPSA) is 94.9 Å². The van der Waals surface area contributed by atoms with Crippen molar-refractivity contribution in [3.8, 4) is 5.69 Å². The van der Waals surface area contributed by atoms with Gasteiger partial charge in [-0.15, -0.1) is 11.3 Å². The lowest BCUT2D eigenvalue weighted by atomic mass is 10.2. The first-order valence-corrected chi connectivity index (χ1v) is 12.2. The summed E-state index contributed by atoms with van der Waals surface area (Å²) >= 11 is 4.93. The number of thiophene rings is 1. The molecule has 8 nitrogen and oxygen atoms in total. The molecule has 2 aromatic heterocycles. The van der Waals surface area contributed by atoms with Gasteiger partial charge in [-0.1, -0.05) is 17.7 Å². The van der Waals surface area contributed by atoms with Crippen molar-refractivity contribution in [3.05, 3.63) is 75.2 Å². The first-order chi connectivity index (χ1) is 15.8. The number of anilines is 2. The normalized spacial score (nSPS) is 17.1. The molecule has 0 radical (unpaired) electrons. The number of benzene rings is 1. The maximum atomic E-state index is 14.6. The van der Waals surface area contributed by atoms with E-state index in [1.165, 1.54) is 44.6 Å². The van der Waals surface area contributed by atoms with Crippen LogP contribution in [0.15, 0.2) is 59.5 Å². The molecule has 1 aliphatic rings. The Morgan fingerprint density at radius 2 is 2.12 bits per heavy atom. The summed E-state index contributed by atoms with van der Waals surface area (Å²) in [6.07, 6.45) is 2.12. The van der Waals surface area contributed by atoms with Gasteiger partial charge in [-0.3, -0.25) is 27.9 Å². The molecular weight excluding hydrogens is 491 g/mol. The Kier molecular flexibility index (Phi) is 7.25. The van der Waals surface area contributed by atoms with Gasteiger partial charge >= 0.3 is 0 Å². The summed E-state index contributed by atoms with van der Waals surface area (Å²) in [4.78, 5) is 26.3. The Balaban J connectivity index is 1.38. The molecule has 3 heterocycles. The number of nitrogens with zero attached hydrogens (tertiary/aromatic N) is 3. The third kappa shape index (κ3) is 5.50. The average Bonchev–Trinajstić information content (AvgIpc) is 3.39. The zero-order valence-corrected chi connectivity index (χ0v) is 19.6. The number of hydrogen-bond donors (Lipinski definition) is 2. The van der Waals surface area contributed by atoms with Crippen LogP contribution >= 0.6 is 22.9 Å². The first kappa shape index (κ1) is 23.6. The zero-order valence-electron chi connectivity index (χ0n) is 17.2. The Labute approximate surface area is 200 Å². The third-order valence-corrected chi connectivity index (χ3v) is 7.40. The van der Waals surface area contributed by atoms with Gasteiger partial charge in [-0.05, 0) is 36.8 Å². The van der Waals surface area contributed by atoms with E-state index in [0.29, 0.717) is 34.5 Å². The molecule has 1 aliphatic heterocycles. The average molecular weight is 511 g/mol. The van der Waals surface area contributed by atoms with Crippen molar-refractivity contribution < 1.29 is 17.9 Å². The Hall–Kier alpha value is -2.57. The number of rotatable bonds is 7. The van der Waals surface area contributed by atoms with Crippen LogP contribution in [0.2, 0.25) is 4.34 Å². The molecule has 3 aromatic rings. The molecule has 0 bridgehead atoms. The van der Waals surface area contributed by atoms with Gasteiger partial charge < -0.3 is 5.32 Å². The van der Waals surface area contributed by atoms with E-state index in [1.807, 2.05) is 4.90 Å². The monoisotopic (exact) mass is 510 g/mol. The lowest BCUT2D eigenvalue weighted by molar-refractivity contribution is -0.117. The maximum Gasteiger partial charge on any atom is 0.262 e. The number of hydrogen-bond acceptors (Lipinski definition) is 5. The van der Waals surface area contributed by atoms with E-state index in [2.05, 4.69) is 5.32 Å². The molecule has 1 fully saturated rings. The summed E-state index contributed by atoms with van der Waals surface area (Å²) in [7, 11) is 0. The highest BCUT2D eigenvalue weighted by Gasteiger charge is 2.32. The predicted octanol–water partition coefficient (Wildman–Crippen LogP) is 3.35. The van der Waals surface area contributed by atoms with Crippen LogP contribution < -0.4 is 15.2 Å². The van der Waals surface area contributed by atoms with E-state index in [1.54, 1.807) is 30.3 Å². The van der Waals surface area contributed by atoms with Crippen LogP contribution in [0.1, 0.15) is 6.42 Å². The van der Waals surface area contributed by atoms with Crippen molar-refractivity contribution in [1.82, 2.24) is 9.47 Å². The van der Waals surface area contributed by atoms with Crippen molar-refractivity contribution in [2.24, 2.45) is 0 Å². The zero-order chi connectivity index (χ0) is 23.5. The van der Waals surface area contributed by atoms with Crippen LogP contribution in [-0.4, -0.2) is 49.8 Å². The fourth-order valence-corrected chi connectivity index (χ4v) is 5.70. The number of nitrogens with one attached hydrogen (secondary N) is 1. The summed E-state index contributed by atoms with van der Waals surface area (Å²) in [6, 6.07) is 11.9. The van der Waals surface area contributed by atoms with Crippen molar-refractivity contribution in [1.29, 1.82) is 0 Å². The predicted molar refractivity (Wildman–Crippen MR) is 128 cm³/mol. The van der Waals surface area contributed by atoms with E-state index >= 15 is 0 Å². The quantitative estimate of drug-likeness (QED) is 0.475. The van der Waals surface area contributed by atoms with Crippen LogP contribution in [0, 0.1) is 5.82 Å². The second-order valence-electron chi connectivity index (χ2n) is 7.43. The van der Waals surface area contributed by atoms with Crippen molar-refractivity contribution in [3.63, 3.8) is 0 Å². The van der Waals surface area contributed by atoms with Crippen LogP contribution in [0.25, 0.3) is 5.69 Å². The van der Waals surface area contributed by atoms with Crippen LogP contribution in [0.3, 0.4) is 0 Å². The molecule has 1 aromatic carbocycles. The Morgan fingerprint density at radius 1 is 1.30 bits per heavy atom. The maximum absolute atomic E-state index is 14.6. The smallest absolute Gasteiger partial charge is 0.262 e. The van der Waals surface area contributed by atoms with Crippen LogP contribution in [-0.2, 0) is 16.1 Å². The van der Waals surface area contributed by atoms with E-state index in [0.717, 1.165) is 0 Å². The van der Waals surface area contributed by atoms with Gasteiger partial charge in [0.25, 0.3) is 16.8 Å². The largest absolute Gasteiger partial charge is 0.322 e. The Bertz CT molecular complexity index is 1250. The summed E-state index contributed by atoms with van der Waals surface area (Å²) in [6.45, 7) is 0.948. The number of carbonyl (C=O) groups is 1. The molecule has 174 valence electrons. The molecule has 1 amide bonds. The molecule has 0 spiro atoms. The SMILES string of the molecule is O=C(CN1CCC(N(c2ccc(Cl)s2)S(=O)O)C1)Nc1ccc(-n2ccccc2=O)cc1F. The van der Waals surface area contributed by atoms with Gasteiger partial charge in [0.2, 0.25) is 5.91 Å². The van der Waals surface area contributed by atoms with Gasteiger partial charge in [-0.2, -0.15) is 0 Å². The molecule has 0 aliphatic carbocycles. The van der Waals surface area contributed by atoms with Crippen molar-refractivity contribution in [2.75, 3.05) is 29.3 Å².